The number of allylic oxidation sites excluding steroid dienone is 12. The molecule has 0 bridgehead atoms. The van der Waals surface area contributed by atoms with Crippen LogP contribution in [0.25, 0.3) is 0 Å². The molecule has 0 fully saturated rings. The highest BCUT2D eigenvalue weighted by atomic mass is 16.6. The molecule has 0 aromatic heterocycles. The second kappa shape index (κ2) is 67.4. The van der Waals surface area contributed by atoms with Crippen molar-refractivity contribution in [3.63, 3.8) is 0 Å². The molecule has 0 rings (SSSR count). The number of hydrogen-bond donors (Lipinski definition) is 0. The van der Waals surface area contributed by atoms with E-state index in [9.17, 15) is 14.4 Å². The van der Waals surface area contributed by atoms with E-state index in [1.807, 2.05) is 0 Å². The maximum Gasteiger partial charge on any atom is 0.306 e. The fourth-order valence-electron chi connectivity index (χ4n) is 10.0. The van der Waals surface area contributed by atoms with Gasteiger partial charge in [0.1, 0.15) is 13.2 Å². The smallest absolute Gasteiger partial charge is 0.306 e. The fourth-order valence-corrected chi connectivity index (χ4v) is 10.0. The quantitative estimate of drug-likeness (QED) is 0.0261. The van der Waals surface area contributed by atoms with E-state index in [4.69, 9.17) is 14.2 Å². The van der Waals surface area contributed by atoms with E-state index >= 15 is 0 Å². The molecule has 0 heterocycles. The summed E-state index contributed by atoms with van der Waals surface area (Å²) in [7, 11) is 0. The van der Waals surface area contributed by atoms with Gasteiger partial charge in [0.05, 0.1) is 0 Å². The topological polar surface area (TPSA) is 78.9 Å². The van der Waals surface area contributed by atoms with Crippen LogP contribution in [0.4, 0.5) is 0 Å². The summed E-state index contributed by atoms with van der Waals surface area (Å²) in [5, 5.41) is 0. The molecule has 6 nitrogen and oxygen atoms in total. The normalized spacial score (nSPS) is 12.5. The summed E-state index contributed by atoms with van der Waals surface area (Å²) < 4.78 is 17.0. The lowest BCUT2D eigenvalue weighted by atomic mass is 10.0. The van der Waals surface area contributed by atoms with Gasteiger partial charge >= 0.3 is 17.9 Å². The minimum Gasteiger partial charge on any atom is -0.462 e. The van der Waals surface area contributed by atoms with E-state index in [1.165, 1.54) is 205 Å². The Bertz CT molecular complexity index is 1450. The third-order valence-electron chi connectivity index (χ3n) is 15.2. The summed E-state index contributed by atoms with van der Waals surface area (Å²) in [6.45, 7) is 6.52. The number of esters is 3. The number of ether oxygens (including phenoxy) is 3. The van der Waals surface area contributed by atoms with Gasteiger partial charge in [-0.3, -0.25) is 14.4 Å². The van der Waals surface area contributed by atoms with Gasteiger partial charge in [0.15, 0.2) is 6.10 Å². The second-order valence-corrected chi connectivity index (χ2v) is 23.1. The van der Waals surface area contributed by atoms with E-state index in [0.29, 0.717) is 19.3 Å². The van der Waals surface area contributed by atoms with Crippen molar-refractivity contribution >= 4 is 17.9 Å². The molecule has 0 N–H and O–H groups in total. The number of rotatable bonds is 63. The Morgan fingerprint density at radius 2 is 0.506 bits per heavy atom. The average Bonchev–Trinajstić information content (AvgIpc) is 3.45. The SMILES string of the molecule is CC/C=C\C/C=C\C/C=C\C/C=C\CCCCCCCCCCC(=O)OC(COC(=O)CCCCCCC/C=C\C/C=C\CCCC)COC(=O)CCCCCCCCCCCCCCCCCCCCCCCCCCCC. The molecule has 0 spiro atoms. The summed E-state index contributed by atoms with van der Waals surface area (Å²) in [6, 6.07) is 0. The zero-order valence-electron chi connectivity index (χ0n) is 52.6. The lowest BCUT2D eigenvalue weighted by Gasteiger charge is -2.18. The van der Waals surface area contributed by atoms with Crippen molar-refractivity contribution in [3.8, 4) is 0 Å². The van der Waals surface area contributed by atoms with E-state index in [1.54, 1.807) is 0 Å². The van der Waals surface area contributed by atoms with Crippen LogP contribution >= 0.6 is 0 Å². The first-order valence-corrected chi connectivity index (χ1v) is 34.4. The summed E-state index contributed by atoms with van der Waals surface area (Å²) in [6.07, 6.45) is 87.8. The zero-order valence-corrected chi connectivity index (χ0v) is 52.6. The van der Waals surface area contributed by atoms with Crippen molar-refractivity contribution in [2.24, 2.45) is 0 Å². The third kappa shape index (κ3) is 65.5. The highest BCUT2D eigenvalue weighted by molar-refractivity contribution is 5.71. The van der Waals surface area contributed by atoms with E-state index < -0.39 is 6.10 Å². The average molecular weight is 1100 g/mol. The molecular formula is C73H130O6. The molecule has 0 aromatic rings. The molecule has 0 saturated carbocycles. The van der Waals surface area contributed by atoms with Crippen LogP contribution < -0.4 is 0 Å². The van der Waals surface area contributed by atoms with Gasteiger partial charge < -0.3 is 14.2 Å². The summed E-state index contributed by atoms with van der Waals surface area (Å²) >= 11 is 0. The van der Waals surface area contributed by atoms with E-state index in [2.05, 4.69) is 93.7 Å². The van der Waals surface area contributed by atoms with Gasteiger partial charge in [-0.25, -0.2) is 0 Å². The van der Waals surface area contributed by atoms with Gasteiger partial charge in [0.25, 0.3) is 0 Å². The Labute approximate surface area is 491 Å². The molecule has 1 unspecified atom stereocenters. The number of unbranched alkanes of at least 4 members (excludes halogenated alkanes) is 40. The lowest BCUT2D eigenvalue weighted by Crippen LogP contribution is -2.30. The summed E-state index contributed by atoms with van der Waals surface area (Å²) in [5.41, 5.74) is 0. The molecule has 0 aliphatic carbocycles. The fraction of sp³-hybridized carbons (Fsp3) is 0.795. The van der Waals surface area contributed by atoms with Crippen molar-refractivity contribution < 1.29 is 28.6 Å². The van der Waals surface area contributed by atoms with Gasteiger partial charge in [-0.15, -0.1) is 0 Å². The third-order valence-corrected chi connectivity index (χ3v) is 15.2. The van der Waals surface area contributed by atoms with E-state index in [0.717, 1.165) is 109 Å². The molecule has 79 heavy (non-hydrogen) atoms. The van der Waals surface area contributed by atoms with Crippen LogP contribution in [0, 0.1) is 0 Å². The molecular weight excluding hydrogens is 973 g/mol. The van der Waals surface area contributed by atoms with Crippen molar-refractivity contribution in [2.75, 3.05) is 13.2 Å². The van der Waals surface area contributed by atoms with Gasteiger partial charge in [0.2, 0.25) is 0 Å². The van der Waals surface area contributed by atoms with Crippen LogP contribution in [-0.4, -0.2) is 37.2 Å². The number of hydrogen-bond acceptors (Lipinski definition) is 6. The zero-order chi connectivity index (χ0) is 57.1. The molecule has 0 radical (unpaired) electrons. The lowest BCUT2D eigenvalue weighted by molar-refractivity contribution is -0.167. The number of carbonyl (C=O) groups excluding carboxylic acids is 3. The Kier molecular flexibility index (Phi) is 64.7. The van der Waals surface area contributed by atoms with Gasteiger partial charge in [0, 0.05) is 19.3 Å². The van der Waals surface area contributed by atoms with Crippen molar-refractivity contribution in [1.82, 2.24) is 0 Å². The number of carbonyl (C=O) groups is 3. The predicted octanol–water partition coefficient (Wildman–Crippen LogP) is 23.7. The molecule has 0 amide bonds. The Hall–Kier alpha value is -3.15. The van der Waals surface area contributed by atoms with Crippen LogP contribution in [0.3, 0.4) is 0 Å². The van der Waals surface area contributed by atoms with Gasteiger partial charge in [-0.2, -0.15) is 0 Å². The Balaban J connectivity index is 4.28. The first-order valence-electron chi connectivity index (χ1n) is 34.4. The molecule has 0 aromatic carbocycles. The standard InChI is InChI=1S/C73H130O6/c1-4-7-10-13-16-19-22-25-28-30-32-34-35-36-37-38-40-41-43-45-48-51-54-57-60-63-66-72(75)78-69-70(68-77-71(74)65-62-59-56-53-50-47-27-24-21-18-15-12-9-6-3)79-73(76)67-64-61-58-55-52-49-46-44-42-39-33-31-29-26-23-20-17-14-11-8-5-2/h8,11,15,17-18,20,24,26-27,29,33,39,70H,4-7,9-10,12-14,16,19,21-23,25,28,30-32,34-38,40-69H2,1-3H3/b11-8-,18-15-,20-17-,27-24-,29-26-,39-33-. The maximum absolute atomic E-state index is 12.9. The molecule has 0 aliphatic rings. The first kappa shape index (κ1) is 75.8. The molecule has 458 valence electrons. The summed E-state index contributed by atoms with van der Waals surface area (Å²) in [5.74, 6) is -0.884. The van der Waals surface area contributed by atoms with Gasteiger partial charge in [-0.05, 0) is 83.5 Å². The first-order chi connectivity index (χ1) is 39.0. The van der Waals surface area contributed by atoms with Crippen LogP contribution in [-0.2, 0) is 28.6 Å². The second-order valence-electron chi connectivity index (χ2n) is 23.1. The monoisotopic (exact) mass is 1100 g/mol. The van der Waals surface area contributed by atoms with Crippen molar-refractivity contribution in [2.45, 2.75) is 361 Å². The minimum atomic E-state index is -0.786. The summed E-state index contributed by atoms with van der Waals surface area (Å²) in [4.78, 5) is 38.4. The van der Waals surface area contributed by atoms with Crippen molar-refractivity contribution in [1.29, 1.82) is 0 Å². The minimum absolute atomic E-state index is 0.0802. The molecule has 0 aliphatic heterocycles. The Morgan fingerprint density at radius 1 is 0.266 bits per heavy atom. The van der Waals surface area contributed by atoms with Crippen LogP contribution in [0.2, 0.25) is 0 Å². The Morgan fingerprint density at radius 3 is 0.810 bits per heavy atom. The van der Waals surface area contributed by atoms with Gasteiger partial charge in [-0.1, -0.05) is 325 Å². The van der Waals surface area contributed by atoms with Crippen LogP contribution in [0.1, 0.15) is 355 Å². The van der Waals surface area contributed by atoms with E-state index in [-0.39, 0.29) is 31.1 Å². The largest absolute Gasteiger partial charge is 0.462 e. The molecule has 1 atom stereocenters. The van der Waals surface area contributed by atoms with Crippen LogP contribution in [0.5, 0.6) is 0 Å². The predicted molar refractivity (Wildman–Crippen MR) is 344 cm³/mol. The maximum atomic E-state index is 12.9. The molecule has 6 heteroatoms. The molecule has 0 saturated heterocycles. The highest BCUT2D eigenvalue weighted by Gasteiger charge is 2.19. The van der Waals surface area contributed by atoms with Crippen LogP contribution in [0.15, 0.2) is 72.9 Å². The van der Waals surface area contributed by atoms with Crippen molar-refractivity contribution in [3.05, 3.63) is 72.9 Å². The highest BCUT2D eigenvalue weighted by Crippen LogP contribution is 2.18.